The van der Waals surface area contributed by atoms with E-state index in [1.807, 2.05) is 0 Å². The van der Waals surface area contributed by atoms with Crippen molar-refractivity contribution in [3.05, 3.63) is 58.1 Å². The number of aryl methyl sites for hydroxylation is 1. The highest BCUT2D eigenvalue weighted by atomic mass is 32.2. The van der Waals surface area contributed by atoms with Crippen molar-refractivity contribution in [1.82, 2.24) is 19.3 Å². The number of fused-ring (bicyclic) bond motifs is 1. The minimum Gasteiger partial charge on any atom is -0.598 e. The zero-order valence-corrected chi connectivity index (χ0v) is 16.4. The third-order valence-electron chi connectivity index (χ3n) is 4.20. The zero-order valence-electron chi connectivity index (χ0n) is 15.6. The Morgan fingerprint density at radius 3 is 2.55 bits per heavy atom. The van der Waals surface area contributed by atoms with Crippen LogP contribution in [0.3, 0.4) is 0 Å². The number of hydrogen-bond acceptors (Lipinski definition) is 6. The molecular formula is C18H18F3N5O2S. The summed E-state index contributed by atoms with van der Waals surface area (Å²) in [4.78, 5) is 20.5. The van der Waals surface area contributed by atoms with Gasteiger partial charge in [0.1, 0.15) is 17.3 Å². The third-order valence-corrected chi connectivity index (χ3v) is 5.23. The van der Waals surface area contributed by atoms with Crippen molar-refractivity contribution in [2.45, 2.75) is 13.1 Å². The molecule has 0 saturated carbocycles. The van der Waals surface area contributed by atoms with Gasteiger partial charge < -0.3 is 9.87 Å². The highest BCUT2D eigenvalue weighted by Crippen LogP contribution is 2.30. The highest BCUT2D eigenvalue weighted by molar-refractivity contribution is 7.89. The lowest BCUT2D eigenvalue weighted by Crippen LogP contribution is -2.28. The molecule has 0 saturated heterocycles. The second kappa shape index (κ2) is 8.39. The monoisotopic (exact) mass is 425 g/mol. The Kier molecular flexibility index (Phi) is 6.10. The maximum atomic E-state index is 13.2. The van der Waals surface area contributed by atoms with E-state index in [1.165, 1.54) is 13.1 Å². The first-order valence-corrected chi connectivity index (χ1v) is 9.91. The van der Waals surface area contributed by atoms with E-state index < -0.39 is 28.9 Å². The summed E-state index contributed by atoms with van der Waals surface area (Å²) in [7, 11) is 1.54. The highest BCUT2D eigenvalue weighted by Gasteiger charge is 2.33. The van der Waals surface area contributed by atoms with Gasteiger partial charge in [0.15, 0.2) is 5.65 Å². The number of anilines is 1. The van der Waals surface area contributed by atoms with E-state index in [2.05, 4.69) is 20.0 Å². The summed E-state index contributed by atoms with van der Waals surface area (Å²) >= 11 is -1.28. The van der Waals surface area contributed by atoms with Crippen molar-refractivity contribution in [3.63, 3.8) is 0 Å². The first-order valence-electron chi connectivity index (χ1n) is 8.59. The number of halogens is 3. The molecule has 0 aliphatic heterocycles. The van der Waals surface area contributed by atoms with Gasteiger partial charge in [0, 0.05) is 18.4 Å². The SMILES string of the molecule is CN[S+]([O-])CCNc1nc(=O)n(-c2ccccc2C)c2nc(C(F)(F)F)ccc12. The van der Waals surface area contributed by atoms with Crippen LogP contribution >= 0.6 is 0 Å². The number of nitrogens with one attached hydrogen (secondary N) is 2. The molecule has 0 fully saturated rings. The molecule has 2 aromatic heterocycles. The number of aromatic nitrogens is 3. The standard InChI is InChI=1S/C18H18F3N5O2S/c1-11-5-3-4-6-13(11)26-16-12(7-8-14(24-16)18(19,20)21)15(25-17(26)27)23-9-10-29(28)22-2/h3-8,22H,9-10H2,1-2H3,(H,23,25,27). The number of hydrogen-bond donors (Lipinski definition) is 2. The molecule has 154 valence electrons. The third kappa shape index (κ3) is 4.52. The van der Waals surface area contributed by atoms with Gasteiger partial charge >= 0.3 is 11.9 Å². The molecule has 0 aliphatic rings. The average molecular weight is 425 g/mol. The Balaban J connectivity index is 2.20. The van der Waals surface area contributed by atoms with Gasteiger partial charge in [-0.1, -0.05) is 18.2 Å². The van der Waals surface area contributed by atoms with E-state index >= 15 is 0 Å². The van der Waals surface area contributed by atoms with E-state index in [1.54, 1.807) is 31.2 Å². The molecule has 3 rings (SSSR count). The van der Waals surface area contributed by atoms with Crippen molar-refractivity contribution in [2.75, 3.05) is 24.7 Å². The van der Waals surface area contributed by atoms with Crippen LogP contribution < -0.4 is 15.7 Å². The zero-order chi connectivity index (χ0) is 21.2. The molecule has 3 aromatic rings. The maximum absolute atomic E-state index is 13.2. The molecule has 0 amide bonds. The topological polar surface area (TPSA) is 94.9 Å². The lowest BCUT2D eigenvalue weighted by Gasteiger charge is -2.16. The molecule has 0 spiro atoms. The summed E-state index contributed by atoms with van der Waals surface area (Å²) < 4.78 is 54.9. The number of rotatable bonds is 6. The van der Waals surface area contributed by atoms with Crippen LogP contribution in [0.25, 0.3) is 16.7 Å². The van der Waals surface area contributed by atoms with Crippen LogP contribution in [0.4, 0.5) is 19.0 Å². The summed E-state index contributed by atoms with van der Waals surface area (Å²) in [6.07, 6.45) is -4.67. The molecule has 11 heteroatoms. The van der Waals surface area contributed by atoms with Crippen LogP contribution in [-0.4, -0.2) is 38.4 Å². The summed E-state index contributed by atoms with van der Waals surface area (Å²) in [6.45, 7) is 1.94. The summed E-state index contributed by atoms with van der Waals surface area (Å²) in [6, 6.07) is 8.85. The van der Waals surface area contributed by atoms with Crippen LogP contribution in [0.15, 0.2) is 41.2 Å². The number of alkyl halides is 3. The first kappa shape index (κ1) is 21.1. The van der Waals surface area contributed by atoms with E-state index in [0.29, 0.717) is 11.3 Å². The Morgan fingerprint density at radius 2 is 1.90 bits per heavy atom. The van der Waals surface area contributed by atoms with Gasteiger partial charge in [-0.3, -0.25) is 0 Å². The van der Waals surface area contributed by atoms with Crippen LogP contribution in [0.1, 0.15) is 11.3 Å². The number of pyridine rings is 1. The molecular weight excluding hydrogens is 407 g/mol. The summed E-state index contributed by atoms with van der Waals surface area (Å²) in [5, 5.41) is 3.11. The summed E-state index contributed by atoms with van der Waals surface area (Å²) in [5.74, 6) is 0.304. The van der Waals surface area contributed by atoms with Crippen LogP contribution in [0, 0.1) is 6.92 Å². The van der Waals surface area contributed by atoms with Gasteiger partial charge in [0.2, 0.25) is 0 Å². The minimum atomic E-state index is -4.67. The normalized spacial score (nSPS) is 12.9. The molecule has 7 nitrogen and oxygen atoms in total. The predicted octanol–water partition coefficient (Wildman–Crippen LogP) is 2.40. The number of benzene rings is 1. The van der Waals surface area contributed by atoms with Crippen molar-refractivity contribution in [1.29, 1.82) is 0 Å². The first-order chi connectivity index (χ1) is 13.7. The fourth-order valence-electron chi connectivity index (χ4n) is 2.79. The number of para-hydroxylation sites is 1. The molecule has 2 N–H and O–H groups in total. The van der Waals surface area contributed by atoms with Gasteiger partial charge in [-0.05, 0) is 30.7 Å². The fourth-order valence-corrected chi connectivity index (χ4v) is 3.28. The van der Waals surface area contributed by atoms with Crippen LogP contribution in [0.5, 0.6) is 0 Å². The smallest absolute Gasteiger partial charge is 0.433 e. The Bertz CT molecular complexity index is 1090. The minimum absolute atomic E-state index is 0.0872. The molecule has 29 heavy (non-hydrogen) atoms. The van der Waals surface area contributed by atoms with E-state index in [-0.39, 0.29) is 29.1 Å². The second-order valence-corrected chi connectivity index (χ2v) is 7.62. The molecule has 1 aromatic carbocycles. The van der Waals surface area contributed by atoms with Gasteiger partial charge in [-0.15, -0.1) is 4.72 Å². The number of nitrogens with zero attached hydrogens (tertiary/aromatic N) is 3. The molecule has 0 bridgehead atoms. The Labute approximate surface area is 167 Å². The second-order valence-electron chi connectivity index (χ2n) is 6.11. The van der Waals surface area contributed by atoms with E-state index in [4.69, 9.17) is 0 Å². The molecule has 2 heterocycles. The average Bonchev–Trinajstić information content (AvgIpc) is 2.67. The van der Waals surface area contributed by atoms with Gasteiger partial charge in [0.25, 0.3) is 0 Å². The van der Waals surface area contributed by atoms with E-state index in [0.717, 1.165) is 10.6 Å². The Hall–Kier alpha value is -2.63. The lowest BCUT2D eigenvalue weighted by atomic mass is 10.2. The summed E-state index contributed by atoms with van der Waals surface area (Å²) in [5.41, 5.74) is -0.964. The molecule has 1 unspecified atom stereocenters. The van der Waals surface area contributed by atoms with Gasteiger partial charge in [0.05, 0.1) is 17.6 Å². The molecule has 0 radical (unpaired) electrons. The molecule has 0 aliphatic carbocycles. The maximum Gasteiger partial charge on any atom is 0.433 e. The van der Waals surface area contributed by atoms with Crippen LogP contribution in [-0.2, 0) is 17.5 Å². The van der Waals surface area contributed by atoms with Crippen molar-refractivity contribution in [2.24, 2.45) is 0 Å². The Morgan fingerprint density at radius 1 is 1.17 bits per heavy atom. The van der Waals surface area contributed by atoms with Gasteiger partial charge in [-0.25, -0.2) is 14.3 Å². The fraction of sp³-hybridized carbons (Fsp3) is 0.278. The van der Waals surface area contributed by atoms with Crippen molar-refractivity contribution in [3.8, 4) is 5.69 Å². The van der Waals surface area contributed by atoms with E-state index in [9.17, 15) is 22.5 Å². The van der Waals surface area contributed by atoms with Gasteiger partial charge in [-0.2, -0.15) is 18.2 Å². The molecule has 1 atom stereocenters. The quantitative estimate of drug-likeness (QED) is 0.589. The van der Waals surface area contributed by atoms with Crippen LogP contribution in [0.2, 0.25) is 0 Å². The predicted molar refractivity (Wildman–Crippen MR) is 105 cm³/mol. The lowest BCUT2D eigenvalue weighted by molar-refractivity contribution is -0.141. The largest absolute Gasteiger partial charge is 0.598 e. The van der Waals surface area contributed by atoms with Crippen molar-refractivity contribution >= 4 is 28.2 Å². The van der Waals surface area contributed by atoms with Crippen molar-refractivity contribution < 1.29 is 17.7 Å².